The number of hydrogen-bond acceptors (Lipinski definition) is 3. The number of hydrogen-bond donors (Lipinski definition) is 0. The van der Waals surface area contributed by atoms with Gasteiger partial charge in [-0.1, -0.05) is 25.5 Å². The summed E-state index contributed by atoms with van der Waals surface area (Å²) in [6.07, 6.45) is 11.0. The van der Waals surface area contributed by atoms with Gasteiger partial charge in [-0.3, -0.25) is 4.79 Å². The average Bonchev–Trinajstić information content (AvgIpc) is 3.47. The molecule has 0 saturated heterocycles. The third-order valence-corrected chi connectivity index (χ3v) is 6.24. The van der Waals surface area contributed by atoms with Gasteiger partial charge in [-0.05, 0) is 56.9 Å². The quantitative estimate of drug-likeness (QED) is 0.575. The summed E-state index contributed by atoms with van der Waals surface area (Å²) in [5, 5.41) is 0.0143. The van der Waals surface area contributed by atoms with Gasteiger partial charge in [0.1, 0.15) is 5.56 Å². The number of nitrogens with zero attached hydrogens (tertiary/aromatic N) is 1. The number of benzene rings is 1. The maximum absolute atomic E-state index is 14.8. The van der Waals surface area contributed by atoms with E-state index in [-0.39, 0.29) is 29.2 Å². The van der Waals surface area contributed by atoms with Gasteiger partial charge in [0.25, 0.3) is 0 Å². The zero-order valence-corrected chi connectivity index (χ0v) is 17.4. The van der Waals surface area contributed by atoms with Gasteiger partial charge in [0.2, 0.25) is 5.43 Å². The normalized spacial score (nSPS) is 21.6. The Morgan fingerprint density at radius 3 is 2.67 bits per heavy atom. The number of pyridine rings is 1. The van der Waals surface area contributed by atoms with Gasteiger partial charge >= 0.3 is 5.97 Å². The summed E-state index contributed by atoms with van der Waals surface area (Å²) < 4.78 is 36.0. The molecule has 0 N–H and O–H groups in total. The summed E-state index contributed by atoms with van der Waals surface area (Å²) >= 11 is 0. The maximum Gasteiger partial charge on any atom is 0.343 e. The highest BCUT2D eigenvalue weighted by atomic mass is 19.2. The van der Waals surface area contributed by atoms with Gasteiger partial charge in [0.05, 0.1) is 17.5 Å². The first-order valence-corrected chi connectivity index (χ1v) is 10.8. The van der Waals surface area contributed by atoms with E-state index < -0.39 is 23.0 Å². The SMILES string of the molecule is CCOC(=O)c1cn(C2CC2)c2c(/C=C\C[C@@H]3CC[C@H](C)C3)c(F)c(F)cc2c1=O. The van der Waals surface area contributed by atoms with Crippen molar-refractivity contribution < 1.29 is 18.3 Å². The van der Waals surface area contributed by atoms with Crippen molar-refractivity contribution >= 4 is 22.9 Å². The smallest absolute Gasteiger partial charge is 0.343 e. The number of carbonyl (C=O) groups excluding carboxylic acids is 1. The van der Waals surface area contributed by atoms with Crippen LogP contribution in [0, 0.1) is 23.5 Å². The molecule has 2 fully saturated rings. The lowest BCUT2D eigenvalue weighted by Crippen LogP contribution is -2.21. The van der Waals surface area contributed by atoms with Crippen LogP contribution in [0.3, 0.4) is 0 Å². The summed E-state index contributed by atoms with van der Waals surface area (Å²) in [6, 6.07) is 0.971. The molecule has 2 atom stereocenters. The fourth-order valence-corrected chi connectivity index (χ4v) is 4.56. The van der Waals surface area contributed by atoms with Crippen molar-refractivity contribution in [3.8, 4) is 0 Å². The Hall–Kier alpha value is -2.50. The minimum Gasteiger partial charge on any atom is -0.462 e. The molecule has 0 spiro atoms. The van der Waals surface area contributed by atoms with E-state index in [0.29, 0.717) is 17.4 Å². The molecule has 1 aromatic heterocycles. The molecule has 1 heterocycles. The molecule has 2 aromatic rings. The lowest BCUT2D eigenvalue weighted by atomic mass is 10.00. The van der Waals surface area contributed by atoms with E-state index in [9.17, 15) is 18.4 Å². The highest BCUT2D eigenvalue weighted by Crippen LogP contribution is 2.39. The van der Waals surface area contributed by atoms with Crippen LogP contribution in [-0.4, -0.2) is 17.1 Å². The lowest BCUT2D eigenvalue weighted by molar-refractivity contribution is 0.0524. The topological polar surface area (TPSA) is 48.3 Å². The van der Waals surface area contributed by atoms with E-state index in [2.05, 4.69) is 6.92 Å². The number of halogens is 2. The van der Waals surface area contributed by atoms with Crippen LogP contribution in [0.2, 0.25) is 0 Å². The van der Waals surface area contributed by atoms with Gasteiger partial charge in [0.15, 0.2) is 11.6 Å². The summed E-state index contributed by atoms with van der Waals surface area (Å²) in [4.78, 5) is 25.2. The molecule has 4 nitrogen and oxygen atoms in total. The third-order valence-electron chi connectivity index (χ3n) is 6.24. The van der Waals surface area contributed by atoms with Crippen molar-refractivity contribution in [3.63, 3.8) is 0 Å². The first-order chi connectivity index (χ1) is 14.4. The Morgan fingerprint density at radius 2 is 2.03 bits per heavy atom. The Balaban J connectivity index is 1.83. The zero-order valence-electron chi connectivity index (χ0n) is 17.4. The van der Waals surface area contributed by atoms with Crippen LogP contribution in [0.25, 0.3) is 17.0 Å². The highest BCUT2D eigenvalue weighted by Gasteiger charge is 2.29. The molecule has 0 bridgehead atoms. The fourth-order valence-electron chi connectivity index (χ4n) is 4.56. The van der Waals surface area contributed by atoms with Gasteiger partial charge < -0.3 is 9.30 Å². The van der Waals surface area contributed by atoms with Crippen LogP contribution in [-0.2, 0) is 4.74 Å². The molecule has 2 saturated carbocycles. The Bertz CT molecular complexity index is 1070. The monoisotopic (exact) mass is 415 g/mol. The van der Waals surface area contributed by atoms with Crippen molar-refractivity contribution in [2.45, 2.75) is 58.4 Å². The lowest BCUT2D eigenvalue weighted by Gasteiger charge is -2.16. The van der Waals surface area contributed by atoms with Crippen molar-refractivity contribution in [1.29, 1.82) is 0 Å². The molecule has 2 aliphatic rings. The Labute approximate surface area is 174 Å². The number of carbonyl (C=O) groups is 1. The summed E-state index contributed by atoms with van der Waals surface area (Å²) in [5.41, 5.74) is -0.336. The molecular formula is C24H27F2NO3. The van der Waals surface area contributed by atoms with E-state index >= 15 is 0 Å². The molecule has 0 unspecified atom stereocenters. The number of fused-ring (bicyclic) bond motifs is 1. The Kier molecular flexibility index (Phi) is 5.76. The summed E-state index contributed by atoms with van der Waals surface area (Å²) in [5.74, 6) is -1.53. The number of aromatic nitrogens is 1. The first-order valence-electron chi connectivity index (χ1n) is 10.8. The van der Waals surface area contributed by atoms with Crippen LogP contribution < -0.4 is 5.43 Å². The predicted molar refractivity (Wildman–Crippen MR) is 113 cm³/mol. The van der Waals surface area contributed by atoms with Crippen LogP contribution in [0.1, 0.15) is 74.3 Å². The van der Waals surface area contributed by atoms with Crippen LogP contribution in [0.15, 0.2) is 23.1 Å². The number of esters is 1. The zero-order chi connectivity index (χ0) is 21.4. The van der Waals surface area contributed by atoms with E-state index in [0.717, 1.165) is 38.2 Å². The summed E-state index contributed by atoms with van der Waals surface area (Å²) in [6.45, 7) is 4.02. The van der Waals surface area contributed by atoms with Gasteiger partial charge in [-0.15, -0.1) is 0 Å². The first kappa shape index (κ1) is 20.8. The van der Waals surface area contributed by atoms with Crippen molar-refractivity contribution in [1.82, 2.24) is 4.57 Å². The maximum atomic E-state index is 14.8. The van der Waals surface area contributed by atoms with Gasteiger partial charge in [-0.25, -0.2) is 13.6 Å². The molecule has 6 heteroatoms. The van der Waals surface area contributed by atoms with Crippen molar-refractivity contribution in [2.75, 3.05) is 6.61 Å². The number of allylic oxidation sites excluding steroid dienone is 1. The highest BCUT2D eigenvalue weighted by molar-refractivity contribution is 5.96. The second-order valence-electron chi connectivity index (χ2n) is 8.64. The number of ether oxygens (including phenoxy) is 1. The van der Waals surface area contributed by atoms with Crippen LogP contribution in [0.5, 0.6) is 0 Å². The van der Waals surface area contributed by atoms with E-state index in [1.807, 2.05) is 6.08 Å². The average molecular weight is 415 g/mol. The number of rotatable bonds is 6. The largest absolute Gasteiger partial charge is 0.462 e. The molecule has 0 amide bonds. The minimum absolute atomic E-state index is 0.0143. The molecular weight excluding hydrogens is 388 g/mol. The molecule has 160 valence electrons. The molecule has 4 rings (SSSR count). The van der Waals surface area contributed by atoms with Gasteiger partial charge in [-0.2, -0.15) is 0 Å². The predicted octanol–water partition coefficient (Wildman–Crippen LogP) is 5.63. The summed E-state index contributed by atoms with van der Waals surface area (Å²) in [7, 11) is 0. The molecule has 30 heavy (non-hydrogen) atoms. The second kappa shape index (κ2) is 8.32. The molecule has 2 aliphatic carbocycles. The third kappa shape index (κ3) is 3.92. The van der Waals surface area contributed by atoms with E-state index in [1.54, 1.807) is 17.6 Å². The molecule has 0 radical (unpaired) electrons. The van der Waals surface area contributed by atoms with Gasteiger partial charge in [0, 0.05) is 17.8 Å². The molecule has 1 aromatic carbocycles. The second-order valence-corrected chi connectivity index (χ2v) is 8.64. The van der Waals surface area contributed by atoms with E-state index in [1.165, 1.54) is 12.6 Å². The standard InChI is InChI=1S/C24H27F2NO3/c1-3-30-24(29)19-13-27(16-9-10-16)22-17(6-4-5-15-8-7-14(2)11-15)21(26)20(25)12-18(22)23(19)28/h4,6,12-16H,3,5,7-11H2,1-2H3/b6-4-/t14-,15+/m0/s1. The van der Waals surface area contributed by atoms with Crippen molar-refractivity contribution in [2.24, 2.45) is 11.8 Å². The Morgan fingerprint density at radius 1 is 1.27 bits per heavy atom. The minimum atomic E-state index is -1.09. The fraction of sp³-hybridized carbons (Fsp3) is 0.500. The van der Waals surface area contributed by atoms with E-state index in [4.69, 9.17) is 4.74 Å². The van der Waals surface area contributed by atoms with Crippen LogP contribution >= 0.6 is 0 Å². The molecule has 0 aliphatic heterocycles. The van der Waals surface area contributed by atoms with Crippen LogP contribution in [0.4, 0.5) is 8.78 Å². The van der Waals surface area contributed by atoms with Crippen molar-refractivity contribution in [3.05, 3.63) is 51.3 Å².